The van der Waals surface area contributed by atoms with Gasteiger partial charge in [0.2, 0.25) is 0 Å². The molecular formula is C11H11F3N2O3. The molecule has 1 aromatic rings. The van der Waals surface area contributed by atoms with E-state index in [4.69, 9.17) is 0 Å². The van der Waals surface area contributed by atoms with Crippen molar-refractivity contribution in [1.82, 2.24) is 5.32 Å². The van der Waals surface area contributed by atoms with Gasteiger partial charge in [0.25, 0.3) is 11.6 Å². The molecule has 0 aliphatic heterocycles. The Morgan fingerprint density at radius 1 is 1.37 bits per heavy atom. The summed E-state index contributed by atoms with van der Waals surface area (Å²) in [6.07, 6.45) is -4.89. The number of nitro benzene ring substituents is 1. The van der Waals surface area contributed by atoms with Gasteiger partial charge in [-0.3, -0.25) is 14.9 Å². The third kappa shape index (κ3) is 3.67. The van der Waals surface area contributed by atoms with E-state index in [1.54, 1.807) is 13.8 Å². The molecule has 0 aliphatic rings. The summed E-state index contributed by atoms with van der Waals surface area (Å²) in [6, 6.07) is 1.90. The summed E-state index contributed by atoms with van der Waals surface area (Å²) in [5.74, 6) is -0.713. The molecule has 0 radical (unpaired) electrons. The van der Waals surface area contributed by atoms with Crippen LogP contribution in [0.1, 0.15) is 29.8 Å². The van der Waals surface area contributed by atoms with E-state index in [0.717, 1.165) is 6.07 Å². The molecule has 0 fully saturated rings. The number of nitrogens with zero attached hydrogens (tertiary/aromatic N) is 1. The molecule has 5 nitrogen and oxygen atoms in total. The maximum atomic E-state index is 12.7. The summed E-state index contributed by atoms with van der Waals surface area (Å²) in [6.45, 7) is 3.29. The lowest BCUT2D eigenvalue weighted by Crippen LogP contribution is -2.30. The first-order valence-corrected chi connectivity index (χ1v) is 5.29. The number of carbonyl (C=O) groups excluding carboxylic acids is 1. The maximum Gasteiger partial charge on any atom is 0.423 e. The Balaban J connectivity index is 3.27. The second-order valence-corrected chi connectivity index (χ2v) is 4.11. The fourth-order valence-corrected chi connectivity index (χ4v) is 1.41. The van der Waals surface area contributed by atoms with Crippen molar-refractivity contribution in [2.24, 2.45) is 0 Å². The Hall–Kier alpha value is -2.12. The second-order valence-electron chi connectivity index (χ2n) is 4.11. The van der Waals surface area contributed by atoms with Crippen LogP contribution in [0.15, 0.2) is 18.2 Å². The summed E-state index contributed by atoms with van der Waals surface area (Å²) < 4.78 is 38.0. The van der Waals surface area contributed by atoms with Gasteiger partial charge >= 0.3 is 6.18 Å². The first-order valence-electron chi connectivity index (χ1n) is 5.29. The molecule has 0 heterocycles. The van der Waals surface area contributed by atoms with Crippen LogP contribution < -0.4 is 5.32 Å². The minimum atomic E-state index is -4.89. The Kier molecular flexibility index (Phi) is 4.13. The first kappa shape index (κ1) is 14.9. The summed E-state index contributed by atoms with van der Waals surface area (Å²) in [4.78, 5) is 21.0. The van der Waals surface area contributed by atoms with E-state index < -0.39 is 28.3 Å². The number of alkyl halides is 3. The molecule has 8 heteroatoms. The molecule has 0 saturated heterocycles. The van der Waals surface area contributed by atoms with Crippen molar-refractivity contribution < 1.29 is 22.9 Å². The summed E-state index contributed by atoms with van der Waals surface area (Å²) in [7, 11) is 0. The van der Waals surface area contributed by atoms with E-state index in [1.165, 1.54) is 0 Å². The highest BCUT2D eigenvalue weighted by Crippen LogP contribution is 2.36. The number of benzene rings is 1. The van der Waals surface area contributed by atoms with Crippen LogP contribution in [0.3, 0.4) is 0 Å². The van der Waals surface area contributed by atoms with Crippen LogP contribution in [0.5, 0.6) is 0 Å². The number of nitrogens with one attached hydrogen (secondary N) is 1. The number of hydrogen-bond acceptors (Lipinski definition) is 3. The zero-order chi connectivity index (χ0) is 14.8. The predicted octanol–water partition coefficient (Wildman–Crippen LogP) is 2.75. The minimum absolute atomic E-state index is 0.253. The lowest BCUT2D eigenvalue weighted by molar-refractivity contribution is -0.388. The average Bonchev–Trinajstić information content (AvgIpc) is 2.25. The van der Waals surface area contributed by atoms with Gasteiger partial charge in [0.15, 0.2) is 0 Å². The van der Waals surface area contributed by atoms with E-state index in [1.807, 2.05) is 0 Å². The zero-order valence-electron chi connectivity index (χ0n) is 10.1. The van der Waals surface area contributed by atoms with E-state index in [2.05, 4.69) is 5.32 Å². The average molecular weight is 276 g/mol. The van der Waals surface area contributed by atoms with Crippen LogP contribution in [0.4, 0.5) is 18.9 Å². The van der Waals surface area contributed by atoms with Crippen molar-refractivity contribution in [3.05, 3.63) is 39.4 Å². The molecule has 1 aromatic carbocycles. The molecular weight excluding hydrogens is 265 g/mol. The van der Waals surface area contributed by atoms with Crippen LogP contribution >= 0.6 is 0 Å². The Bertz CT molecular complexity index is 512. The molecule has 1 N–H and O–H groups in total. The monoisotopic (exact) mass is 276 g/mol. The quantitative estimate of drug-likeness (QED) is 0.681. The Morgan fingerprint density at radius 3 is 2.37 bits per heavy atom. The van der Waals surface area contributed by atoms with E-state index in [-0.39, 0.29) is 11.6 Å². The van der Waals surface area contributed by atoms with Gasteiger partial charge in [-0.15, -0.1) is 0 Å². The SMILES string of the molecule is CC(C)NC(=O)c1ccc([N+](=O)[O-])c(C(F)(F)F)c1. The Morgan fingerprint density at radius 2 is 1.95 bits per heavy atom. The van der Waals surface area contributed by atoms with Crippen LogP contribution in [0.25, 0.3) is 0 Å². The predicted molar refractivity (Wildman–Crippen MR) is 60.7 cm³/mol. The second kappa shape index (κ2) is 5.25. The highest BCUT2D eigenvalue weighted by molar-refractivity contribution is 5.94. The van der Waals surface area contributed by atoms with Gasteiger partial charge in [-0.05, 0) is 26.0 Å². The maximum absolute atomic E-state index is 12.7. The largest absolute Gasteiger partial charge is 0.423 e. The van der Waals surface area contributed by atoms with E-state index in [9.17, 15) is 28.1 Å². The number of amides is 1. The first-order chi connectivity index (χ1) is 8.62. The molecule has 0 aliphatic carbocycles. The van der Waals surface area contributed by atoms with E-state index >= 15 is 0 Å². The molecule has 0 unspecified atom stereocenters. The lowest BCUT2D eigenvalue weighted by Gasteiger charge is -2.11. The van der Waals surface area contributed by atoms with Crippen molar-refractivity contribution >= 4 is 11.6 Å². The third-order valence-corrected chi connectivity index (χ3v) is 2.18. The molecule has 0 atom stereocenters. The van der Waals surface area contributed by atoms with Crippen molar-refractivity contribution in [3.8, 4) is 0 Å². The number of nitro groups is 1. The summed E-state index contributed by atoms with van der Waals surface area (Å²) in [5, 5.41) is 12.9. The van der Waals surface area contributed by atoms with Crippen LogP contribution in [-0.2, 0) is 6.18 Å². The van der Waals surface area contributed by atoms with Crippen molar-refractivity contribution in [2.75, 3.05) is 0 Å². The zero-order valence-corrected chi connectivity index (χ0v) is 10.1. The fourth-order valence-electron chi connectivity index (χ4n) is 1.41. The highest BCUT2D eigenvalue weighted by Gasteiger charge is 2.38. The molecule has 0 aromatic heterocycles. The van der Waals surface area contributed by atoms with Gasteiger partial charge < -0.3 is 5.32 Å². The third-order valence-electron chi connectivity index (χ3n) is 2.18. The van der Waals surface area contributed by atoms with Gasteiger partial charge in [-0.25, -0.2) is 0 Å². The number of rotatable bonds is 3. The summed E-state index contributed by atoms with van der Waals surface area (Å²) in [5.41, 5.74) is -2.78. The van der Waals surface area contributed by atoms with Crippen LogP contribution in [0.2, 0.25) is 0 Å². The van der Waals surface area contributed by atoms with Gasteiger partial charge in [0.05, 0.1) is 4.92 Å². The molecule has 1 amide bonds. The fraction of sp³-hybridized carbons (Fsp3) is 0.364. The molecule has 104 valence electrons. The molecule has 1 rings (SSSR count). The lowest BCUT2D eigenvalue weighted by atomic mass is 10.1. The van der Waals surface area contributed by atoms with Crippen LogP contribution in [-0.4, -0.2) is 16.9 Å². The normalized spacial score (nSPS) is 11.5. The summed E-state index contributed by atoms with van der Waals surface area (Å²) >= 11 is 0. The van der Waals surface area contributed by atoms with Crippen molar-refractivity contribution in [3.63, 3.8) is 0 Å². The van der Waals surface area contributed by atoms with Gasteiger partial charge in [-0.2, -0.15) is 13.2 Å². The smallest absolute Gasteiger partial charge is 0.350 e. The van der Waals surface area contributed by atoms with Gasteiger partial charge in [0, 0.05) is 17.7 Å². The standard InChI is InChI=1S/C11H11F3N2O3/c1-6(2)15-10(17)7-3-4-9(16(18)19)8(5-7)11(12,13)14/h3-6H,1-2H3,(H,15,17). The number of carbonyl (C=O) groups is 1. The molecule has 0 saturated carbocycles. The van der Waals surface area contributed by atoms with E-state index in [0.29, 0.717) is 12.1 Å². The van der Waals surface area contributed by atoms with Crippen molar-refractivity contribution in [2.45, 2.75) is 26.1 Å². The molecule has 0 bridgehead atoms. The van der Waals surface area contributed by atoms with Crippen LogP contribution in [0, 0.1) is 10.1 Å². The van der Waals surface area contributed by atoms with Gasteiger partial charge in [0.1, 0.15) is 5.56 Å². The van der Waals surface area contributed by atoms with Gasteiger partial charge in [-0.1, -0.05) is 0 Å². The number of halogens is 3. The number of hydrogen-bond donors (Lipinski definition) is 1. The molecule has 19 heavy (non-hydrogen) atoms. The van der Waals surface area contributed by atoms with Crippen molar-refractivity contribution in [1.29, 1.82) is 0 Å². The minimum Gasteiger partial charge on any atom is -0.350 e. The topological polar surface area (TPSA) is 72.2 Å². The Labute approximate surface area is 106 Å². The molecule has 0 spiro atoms. The highest BCUT2D eigenvalue weighted by atomic mass is 19.4.